The fourth-order valence-corrected chi connectivity index (χ4v) is 3.89. The van der Waals surface area contributed by atoms with E-state index < -0.39 is 10.0 Å². The molecule has 21 heavy (non-hydrogen) atoms. The highest BCUT2D eigenvalue weighted by molar-refractivity contribution is 7.89. The second-order valence-corrected chi connectivity index (χ2v) is 7.65. The molecule has 0 aromatic heterocycles. The molecule has 5 nitrogen and oxygen atoms in total. The van der Waals surface area contributed by atoms with Crippen LogP contribution >= 0.6 is 0 Å². The summed E-state index contributed by atoms with van der Waals surface area (Å²) in [6.45, 7) is 4.30. The minimum absolute atomic E-state index is 0.128. The van der Waals surface area contributed by atoms with E-state index in [1.807, 2.05) is 0 Å². The quantitative estimate of drug-likeness (QED) is 0.750. The summed E-state index contributed by atoms with van der Waals surface area (Å²) in [5.41, 5.74) is 0.873. The molecule has 1 fully saturated rings. The van der Waals surface area contributed by atoms with Crippen LogP contribution in [0.2, 0.25) is 0 Å². The molecule has 0 amide bonds. The maximum absolute atomic E-state index is 12.0. The number of rotatable bonds is 6. The standard InChI is InChI=1S/C15H24N2O3S/c1-11(2)17-21(19,20)14-8-6-13(7-9-14)16-10-12-4-3-5-15(12)18/h6-9,11-12,15-18H,3-5,10H2,1-2H3. The van der Waals surface area contributed by atoms with Crippen molar-refractivity contribution >= 4 is 15.7 Å². The topological polar surface area (TPSA) is 78.4 Å². The van der Waals surface area contributed by atoms with Crippen LogP contribution in [0, 0.1) is 5.92 Å². The van der Waals surface area contributed by atoms with Gasteiger partial charge in [0.1, 0.15) is 0 Å². The maximum Gasteiger partial charge on any atom is 0.240 e. The third-order valence-electron chi connectivity index (χ3n) is 3.74. The first kappa shape index (κ1) is 16.3. The van der Waals surface area contributed by atoms with Gasteiger partial charge in [0.25, 0.3) is 0 Å². The smallest absolute Gasteiger partial charge is 0.240 e. The third-order valence-corrected chi connectivity index (χ3v) is 5.42. The number of hydrogen-bond donors (Lipinski definition) is 3. The van der Waals surface area contributed by atoms with Gasteiger partial charge >= 0.3 is 0 Å². The number of anilines is 1. The Kier molecular flexibility index (Phi) is 5.24. The van der Waals surface area contributed by atoms with E-state index in [1.165, 1.54) is 0 Å². The second-order valence-electron chi connectivity index (χ2n) is 5.94. The van der Waals surface area contributed by atoms with E-state index in [0.29, 0.717) is 0 Å². The minimum Gasteiger partial charge on any atom is -0.393 e. The average Bonchev–Trinajstić information content (AvgIpc) is 2.81. The van der Waals surface area contributed by atoms with E-state index in [-0.39, 0.29) is 23.0 Å². The Hall–Kier alpha value is -1.11. The molecule has 0 heterocycles. The van der Waals surface area contributed by atoms with Crippen LogP contribution in [0.3, 0.4) is 0 Å². The van der Waals surface area contributed by atoms with Crippen LogP contribution in [0.4, 0.5) is 5.69 Å². The summed E-state index contributed by atoms with van der Waals surface area (Å²) in [5.74, 6) is 0.288. The van der Waals surface area contributed by atoms with Gasteiger partial charge in [-0.3, -0.25) is 0 Å². The van der Waals surface area contributed by atoms with Gasteiger partial charge in [-0.05, 0) is 51.0 Å². The number of aliphatic hydroxyl groups excluding tert-OH is 1. The highest BCUT2D eigenvalue weighted by Crippen LogP contribution is 2.26. The van der Waals surface area contributed by atoms with Gasteiger partial charge in [-0.25, -0.2) is 13.1 Å². The number of hydrogen-bond acceptors (Lipinski definition) is 4. The molecule has 118 valence electrons. The molecule has 1 aromatic rings. The molecule has 0 spiro atoms. The van der Waals surface area contributed by atoms with E-state index in [0.717, 1.165) is 31.5 Å². The molecule has 0 radical (unpaired) electrons. The van der Waals surface area contributed by atoms with Crippen molar-refractivity contribution in [2.45, 2.75) is 50.2 Å². The van der Waals surface area contributed by atoms with Gasteiger partial charge in [-0.15, -0.1) is 0 Å². The summed E-state index contributed by atoms with van der Waals surface area (Å²) in [4.78, 5) is 0.266. The van der Waals surface area contributed by atoms with Crippen molar-refractivity contribution in [1.82, 2.24) is 4.72 Å². The Morgan fingerprint density at radius 3 is 2.43 bits per heavy atom. The molecule has 3 N–H and O–H groups in total. The van der Waals surface area contributed by atoms with Crippen molar-refractivity contribution in [3.8, 4) is 0 Å². The molecule has 0 bridgehead atoms. The first-order valence-electron chi connectivity index (χ1n) is 7.43. The Balaban J connectivity index is 1.96. The molecular weight excluding hydrogens is 288 g/mol. The molecule has 1 aromatic carbocycles. The molecule has 2 atom stereocenters. The lowest BCUT2D eigenvalue weighted by molar-refractivity contribution is 0.138. The largest absolute Gasteiger partial charge is 0.393 e. The summed E-state index contributed by atoms with van der Waals surface area (Å²) in [7, 11) is -3.43. The van der Waals surface area contributed by atoms with Gasteiger partial charge in [0.15, 0.2) is 0 Å². The summed E-state index contributed by atoms with van der Waals surface area (Å²) >= 11 is 0. The van der Waals surface area contributed by atoms with Crippen LogP contribution in [0.1, 0.15) is 33.1 Å². The first-order valence-corrected chi connectivity index (χ1v) is 8.91. The predicted molar refractivity (Wildman–Crippen MR) is 83.7 cm³/mol. The van der Waals surface area contributed by atoms with Crippen LogP contribution in [-0.4, -0.2) is 32.2 Å². The van der Waals surface area contributed by atoms with E-state index >= 15 is 0 Å². The van der Waals surface area contributed by atoms with Crippen LogP contribution in [-0.2, 0) is 10.0 Å². The molecule has 0 aliphatic heterocycles. The van der Waals surface area contributed by atoms with Crippen LogP contribution in [0.5, 0.6) is 0 Å². The summed E-state index contributed by atoms with van der Waals surface area (Å²) in [6.07, 6.45) is 2.78. The van der Waals surface area contributed by atoms with Gasteiger partial charge in [-0.2, -0.15) is 0 Å². The predicted octanol–water partition coefficient (Wildman–Crippen LogP) is 1.95. The van der Waals surface area contributed by atoms with Crippen LogP contribution in [0.25, 0.3) is 0 Å². The molecule has 1 aliphatic rings. The van der Waals surface area contributed by atoms with Crippen LogP contribution in [0.15, 0.2) is 29.2 Å². The third kappa shape index (κ3) is 4.43. The van der Waals surface area contributed by atoms with E-state index in [9.17, 15) is 13.5 Å². The lowest BCUT2D eigenvalue weighted by atomic mass is 10.1. The highest BCUT2D eigenvalue weighted by Gasteiger charge is 2.24. The SMILES string of the molecule is CC(C)NS(=O)(=O)c1ccc(NCC2CCCC2O)cc1. The Labute approximate surface area is 126 Å². The van der Waals surface area contributed by atoms with Crippen molar-refractivity contribution in [2.24, 2.45) is 5.92 Å². The Morgan fingerprint density at radius 2 is 1.90 bits per heavy atom. The van der Waals surface area contributed by atoms with Crippen molar-refractivity contribution in [3.63, 3.8) is 0 Å². The summed E-state index contributed by atoms with van der Waals surface area (Å²) < 4.78 is 26.6. The number of nitrogens with one attached hydrogen (secondary N) is 2. The lowest BCUT2D eigenvalue weighted by Gasteiger charge is -2.16. The molecule has 6 heteroatoms. The van der Waals surface area contributed by atoms with Gasteiger partial charge < -0.3 is 10.4 Å². The van der Waals surface area contributed by atoms with E-state index in [1.54, 1.807) is 38.1 Å². The van der Waals surface area contributed by atoms with E-state index in [4.69, 9.17) is 0 Å². The molecule has 1 saturated carbocycles. The summed E-state index contributed by atoms with van der Waals surface area (Å²) in [6, 6.07) is 6.58. The van der Waals surface area contributed by atoms with Gasteiger partial charge in [0.05, 0.1) is 11.0 Å². The molecular formula is C15H24N2O3S. The van der Waals surface area contributed by atoms with Gasteiger partial charge in [-0.1, -0.05) is 6.42 Å². The van der Waals surface area contributed by atoms with Crippen molar-refractivity contribution in [3.05, 3.63) is 24.3 Å². The molecule has 1 aliphatic carbocycles. The number of sulfonamides is 1. The van der Waals surface area contributed by atoms with Gasteiger partial charge in [0.2, 0.25) is 10.0 Å². The minimum atomic E-state index is -3.43. The number of benzene rings is 1. The summed E-state index contributed by atoms with van der Waals surface area (Å²) in [5, 5.41) is 13.0. The highest BCUT2D eigenvalue weighted by atomic mass is 32.2. The van der Waals surface area contributed by atoms with Crippen molar-refractivity contribution in [2.75, 3.05) is 11.9 Å². The fourth-order valence-electron chi connectivity index (χ4n) is 2.63. The normalized spacial score (nSPS) is 22.7. The zero-order valence-corrected chi connectivity index (χ0v) is 13.4. The average molecular weight is 312 g/mol. The molecule has 2 unspecified atom stereocenters. The zero-order chi connectivity index (χ0) is 15.5. The van der Waals surface area contributed by atoms with E-state index in [2.05, 4.69) is 10.0 Å². The van der Waals surface area contributed by atoms with Crippen molar-refractivity contribution in [1.29, 1.82) is 0 Å². The molecule has 2 rings (SSSR count). The zero-order valence-electron chi connectivity index (χ0n) is 12.5. The second kappa shape index (κ2) is 6.77. The Bertz CT molecular complexity index is 555. The monoisotopic (exact) mass is 312 g/mol. The first-order chi connectivity index (χ1) is 9.88. The lowest BCUT2D eigenvalue weighted by Crippen LogP contribution is -2.30. The molecule has 0 saturated heterocycles. The number of aliphatic hydroxyl groups is 1. The van der Waals surface area contributed by atoms with Gasteiger partial charge in [0, 0.05) is 24.2 Å². The Morgan fingerprint density at radius 1 is 1.24 bits per heavy atom. The maximum atomic E-state index is 12.0. The van der Waals surface area contributed by atoms with Crippen LogP contribution < -0.4 is 10.0 Å². The van der Waals surface area contributed by atoms with Crippen molar-refractivity contribution < 1.29 is 13.5 Å². The fraction of sp³-hybridized carbons (Fsp3) is 0.600.